The number of rotatable bonds is 5. The molecule has 8 heteroatoms. The number of nitrogens with two attached hydrogens (primary N) is 1. The first kappa shape index (κ1) is 16.5. The van der Waals surface area contributed by atoms with E-state index in [0.29, 0.717) is 36.7 Å². The minimum absolute atomic E-state index is 0.0616. The molecule has 0 saturated carbocycles. The molecule has 1 aliphatic rings. The van der Waals surface area contributed by atoms with Crippen molar-refractivity contribution in [2.75, 3.05) is 36.9 Å². The standard InChI is InChI=1S/C13H18N2O3S3/c14-13(19)11-1-3-12(4-2-11)21(17,18)10-7-15-5-8-20(16)9-6-15/h1-4H,5-10H2,(H2,14,19). The van der Waals surface area contributed by atoms with Crippen molar-refractivity contribution in [1.29, 1.82) is 0 Å². The summed E-state index contributed by atoms with van der Waals surface area (Å²) in [4.78, 5) is 2.57. The molecule has 0 aliphatic carbocycles. The molecule has 0 spiro atoms. The van der Waals surface area contributed by atoms with Crippen LogP contribution < -0.4 is 5.73 Å². The summed E-state index contributed by atoms with van der Waals surface area (Å²) in [6, 6.07) is 6.32. The molecular weight excluding hydrogens is 328 g/mol. The summed E-state index contributed by atoms with van der Waals surface area (Å²) in [5.74, 6) is 1.32. The van der Waals surface area contributed by atoms with Crippen LogP contribution in [0.3, 0.4) is 0 Å². The average Bonchev–Trinajstić information content (AvgIpc) is 2.47. The smallest absolute Gasteiger partial charge is 0.179 e. The molecule has 0 atom stereocenters. The molecule has 1 fully saturated rings. The van der Waals surface area contributed by atoms with Crippen molar-refractivity contribution in [1.82, 2.24) is 4.90 Å². The Balaban J connectivity index is 1.98. The van der Waals surface area contributed by atoms with E-state index in [2.05, 4.69) is 0 Å². The predicted molar refractivity (Wildman–Crippen MR) is 88.7 cm³/mol. The topological polar surface area (TPSA) is 80.5 Å². The fourth-order valence-corrected chi connectivity index (χ4v) is 4.64. The SMILES string of the molecule is NC(=S)c1ccc(S(=O)(=O)CCN2CCS(=O)CC2)cc1. The molecule has 1 aliphatic heterocycles. The summed E-state index contributed by atoms with van der Waals surface area (Å²) in [6.45, 7) is 1.86. The average molecular weight is 346 g/mol. The summed E-state index contributed by atoms with van der Waals surface area (Å²) in [7, 11) is -4.06. The van der Waals surface area contributed by atoms with Crippen molar-refractivity contribution in [2.45, 2.75) is 4.90 Å². The zero-order valence-electron chi connectivity index (χ0n) is 11.5. The van der Waals surface area contributed by atoms with Gasteiger partial charge in [-0.05, 0) is 12.1 Å². The summed E-state index contributed by atoms with van der Waals surface area (Å²) in [5.41, 5.74) is 6.15. The first-order valence-electron chi connectivity index (χ1n) is 6.58. The molecule has 0 unspecified atom stereocenters. The number of hydrogen-bond acceptors (Lipinski definition) is 5. The molecule has 0 aromatic heterocycles. The highest BCUT2D eigenvalue weighted by Gasteiger charge is 2.19. The summed E-state index contributed by atoms with van der Waals surface area (Å²) < 4.78 is 35.8. The normalized spacial score (nSPS) is 17.7. The summed E-state index contributed by atoms with van der Waals surface area (Å²) >= 11 is 4.84. The fourth-order valence-electron chi connectivity index (χ4n) is 2.09. The van der Waals surface area contributed by atoms with E-state index in [1.165, 1.54) is 12.1 Å². The van der Waals surface area contributed by atoms with Gasteiger partial charge >= 0.3 is 0 Å². The molecule has 1 saturated heterocycles. The predicted octanol–water partition coefficient (Wildman–Crippen LogP) is 0.159. The van der Waals surface area contributed by atoms with Crippen LogP contribution in [0.25, 0.3) is 0 Å². The van der Waals surface area contributed by atoms with Gasteiger partial charge in [-0.25, -0.2) is 8.42 Å². The van der Waals surface area contributed by atoms with E-state index < -0.39 is 20.6 Å². The van der Waals surface area contributed by atoms with E-state index in [1.807, 2.05) is 4.90 Å². The van der Waals surface area contributed by atoms with Crippen molar-refractivity contribution < 1.29 is 12.6 Å². The maximum absolute atomic E-state index is 12.3. The Morgan fingerprint density at radius 2 is 1.81 bits per heavy atom. The summed E-state index contributed by atoms with van der Waals surface area (Å²) in [6.07, 6.45) is 0. The van der Waals surface area contributed by atoms with E-state index in [4.69, 9.17) is 18.0 Å². The van der Waals surface area contributed by atoms with Crippen LogP contribution in [0.15, 0.2) is 29.2 Å². The molecule has 0 amide bonds. The highest BCUT2D eigenvalue weighted by Crippen LogP contribution is 2.13. The van der Waals surface area contributed by atoms with Crippen LogP contribution in [-0.4, -0.2) is 59.4 Å². The van der Waals surface area contributed by atoms with E-state index >= 15 is 0 Å². The second-order valence-corrected chi connectivity index (χ2v) is 9.14. The van der Waals surface area contributed by atoms with Gasteiger partial charge < -0.3 is 10.6 Å². The zero-order valence-corrected chi connectivity index (χ0v) is 14.0. The van der Waals surface area contributed by atoms with Crippen molar-refractivity contribution in [3.05, 3.63) is 29.8 Å². The molecule has 2 rings (SSSR count). The molecule has 0 radical (unpaired) electrons. The van der Waals surface area contributed by atoms with Crippen LogP contribution in [0.5, 0.6) is 0 Å². The lowest BCUT2D eigenvalue weighted by Crippen LogP contribution is -2.40. The van der Waals surface area contributed by atoms with Crippen molar-refractivity contribution in [3.63, 3.8) is 0 Å². The van der Waals surface area contributed by atoms with Gasteiger partial charge in [-0.2, -0.15) is 0 Å². The van der Waals surface area contributed by atoms with E-state index in [-0.39, 0.29) is 15.6 Å². The van der Waals surface area contributed by atoms with Crippen LogP contribution >= 0.6 is 12.2 Å². The third-order valence-corrected chi connectivity index (χ3v) is 6.67. The molecule has 1 aromatic carbocycles. The highest BCUT2D eigenvalue weighted by molar-refractivity contribution is 7.91. The van der Waals surface area contributed by atoms with Crippen LogP contribution in [0.4, 0.5) is 0 Å². The Kier molecular flexibility index (Phi) is 5.48. The largest absolute Gasteiger partial charge is 0.389 e. The molecule has 1 aromatic rings. The highest BCUT2D eigenvalue weighted by atomic mass is 32.2. The second kappa shape index (κ2) is 6.95. The third kappa shape index (κ3) is 4.57. The van der Waals surface area contributed by atoms with Gasteiger partial charge in [0.05, 0.1) is 10.6 Å². The van der Waals surface area contributed by atoms with Crippen LogP contribution in [0.1, 0.15) is 5.56 Å². The van der Waals surface area contributed by atoms with Crippen LogP contribution in [-0.2, 0) is 20.6 Å². The van der Waals surface area contributed by atoms with Gasteiger partial charge in [0.15, 0.2) is 9.84 Å². The third-order valence-electron chi connectivity index (χ3n) is 3.44. The number of sulfone groups is 1. The Labute approximate surface area is 132 Å². The molecule has 0 bridgehead atoms. The maximum Gasteiger partial charge on any atom is 0.179 e. The van der Waals surface area contributed by atoms with Gasteiger partial charge in [-0.3, -0.25) is 4.21 Å². The van der Waals surface area contributed by atoms with E-state index in [9.17, 15) is 12.6 Å². The van der Waals surface area contributed by atoms with Crippen LogP contribution in [0.2, 0.25) is 0 Å². The Hall–Kier alpha value is -0.830. The number of benzene rings is 1. The van der Waals surface area contributed by atoms with Gasteiger partial charge in [-0.15, -0.1) is 0 Å². The molecule has 116 valence electrons. The Morgan fingerprint density at radius 1 is 1.24 bits per heavy atom. The lowest BCUT2D eigenvalue weighted by atomic mass is 10.2. The monoisotopic (exact) mass is 346 g/mol. The zero-order chi connectivity index (χ0) is 15.5. The fraction of sp³-hybridized carbons (Fsp3) is 0.462. The van der Waals surface area contributed by atoms with Crippen molar-refractivity contribution in [2.24, 2.45) is 5.73 Å². The number of thiocarbonyl (C=S) groups is 1. The summed E-state index contributed by atoms with van der Waals surface area (Å²) in [5, 5.41) is 0. The lowest BCUT2D eigenvalue weighted by molar-refractivity contribution is 0.317. The van der Waals surface area contributed by atoms with Gasteiger partial charge in [0.1, 0.15) is 4.99 Å². The minimum atomic E-state index is -3.32. The first-order valence-corrected chi connectivity index (χ1v) is 10.1. The first-order chi connectivity index (χ1) is 9.88. The molecule has 21 heavy (non-hydrogen) atoms. The number of nitrogens with zero attached hydrogens (tertiary/aromatic N) is 1. The van der Waals surface area contributed by atoms with E-state index in [1.54, 1.807) is 12.1 Å². The lowest BCUT2D eigenvalue weighted by Gasteiger charge is -2.25. The van der Waals surface area contributed by atoms with Gasteiger partial charge in [0, 0.05) is 47.5 Å². The van der Waals surface area contributed by atoms with E-state index in [0.717, 1.165) is 0 Å². The quantitative estimate of drug-likeness (QED) is 0.765. The molecular formula is C13H18N2O3S3. The minimum Gasteiger partial charge on any atom is -0.389 e. The van der Waals surface area contributed by atoms with Crippen molar-refractivity contribution in [3.8, 4) is 0 Å². The van der Waals surface area contributed by atoms with Crippen LogP contribution in [0, 0.1) is 0 Å². The molecule has 1 heterocycles. The van der Waals surface area contributed by atoms with Crippen molar-refractivity contribution >= 4 is 37.8 Å². The Morgan fingerprint density at radius 3 is 2.33 bits per heavy atom. The Bertz CT molecular complexity index is 631. The second-order valence-electron chi connectivity index (χ2n) is 4.90. The molecule has 5 nitrogen and oxygen atoms in total. The maximum atomic E-state index is 12.3. The van der Waals surface area contributed by atoms with Gasteiger partial charge in [0.2, 0.25) is 0 Å². The van der Waals surface area contributed by atoms with Gasteiger partial charge in [0.25, 0.3) is 0 Å². The number of hydrogen-bond donors (Lipinski definition) is 1. The molecule has 2 N–H and O–H groups in total. The van der Waals surface area contributed by atoms with Gasteiger partial charge in [-0.1, -0.05) is 24.4 Å².